The quantitative estimate of drug-likeness (QED) is 0.173. The van der Waals surface area contributed by atoms with Gasteiger partial charge < -0.3 is 4.74 Å². The van der Waals surface area contributed by atoms with Crippen LogP contribution in [0.3, 0.4) is 0 Å². The molecule has 0 spiro atoms. The average molecular weight is 466 g/mol. The summed E-state index contributed by atoms with van der Waals surface area (Å²) in [6, 6.07) is 12.5. The van der Waals surface area contributed by atoms with Gasteiger partial charge in [0.25, 0.3) is 0 Å². The number of aryl methyl sites for hydroxylation is 1. The van der Waals surface area contributed by atoms with Crippen molar-refractivity contribution in [3.8, 4) is 11.3 Å². The maximum absolute atomic E-state index is 12.2. The fourth-order valence-corrected chi connectivity index (χ4v) is 4.28. The van der Waals surface area contributed by atoms with E-state index in [9.17, 15) is 4.79 Å². The number of hydrogen-bond donors (Lipinski definition) is 0. The molecule has 0 aliphatic carbocycles. The number of rotatable bonds is 17. The van der Waals surface area contributed by atoms with E-state index in [1.54, 1.807) is 0 Å². The van der Waals surface area contributed by atoms with E-state index < -0.39 is 0 Å². The van der Waals surface area contributed by atoms with Crippen molar-refractivity contribution >= 4 is 5.97 Å². The zero-order valence-electron chi connectivity index (χ0n) is 22.2. The molecule has 3 heteroatoms. The first kappa shape index (κ1) is 28.1. The minimum absolute atomic E-state index is 0.0978. The monoisotopic (exact) mass is 465 g/mol. The summed E-state index contributed by atoms with van der Waals surface area (Å²) in [6.07, 6.45) is 16.5. The molecule has 34 heavy (non-hydrogen) atoms. The second kappa shape index (κ2) is 16.5. The summed E-state index contributed by atoms with van der Waals surface area (Å²) >= 11 is 0. The fraction of sp³-hybridized carbons (Fsp3) is 0.613. The molecule has 0 N–H and O–H groups in total. The van der Waals surface area contributed by atoms with Gasteiger partial charge in [-0.2, -0.15) is 0 Å². The number of pyridine rings is 1. The predicted molar refractivity (Wildman–Crippen MR) is 144 cm³/mol. The number of unbranched alkanes of at least 4 members (excludes halogenated alkanes) is 6. The van der Waals surface area contributed by atoms with Crippen molar-refractivity contribution in [3.63, 3.8) is 0 Å². The Bertz CT molecular complexity index is 795. The zero-order chi connectivity index (χ0) is 24.6. The van der Waals surface area contributed by atoms with E-state index in [0.717, 1.165) is 35.6 Å². The lowest BCUT2D eigenvalue weighted by Crippen LogP contribution is -2.10. The Morgan fingerprint density at radius 3 is 2.15 bits per heavy atom. The van der Waals surface area contributed by atoms with Crippen molar-refractivity contribution in [2.24, 2.45) is 11.8 Å². The molecule has 1 atom stereocenters. The van der Waals surface area contributed by atoms with Gasteiger partial charge in [0.05, 0.1) is 5.69 Å². The second-order valence-electron chi connectivity index (χ2n) is 10.4. The maximum atomic E-state index is 12.2. The van der Waals surface area contributed by atoms with Crippen molar-refractivity contribution in [3.05, 3.63) is 53.7 Å². The molecule has 0 radical (unpaired) electrons. The highest BCUT2D eigenvalue weighted by Gasteiger charge is 2.11. The van der Waals surface area contributed by atoms with Gasteiger partial charge >= 0.3 is 5.97 Å². The molecule has 0 unspecified atom stereocenters. The smallest absolute Gasteiger partial charge is 0.306 e. The molecule has 3 nitrogen and oxygen atoms in total. The molecule has 0 saturated carbocycles. The van der Waals surface area contributed by atoms with E-state index in [2.05, 4.69) is 56.9 Å². The largest absolute Gasteiger partial charge is 0.461 e. The van der Waals surface area contributed by atoms with Crippen molar-refractivity contribution in [1.29, 1.82) is 0 Å². The normalized spacial score (nSPS) is 12.1. The van der Waals surface area contributed by atoms with Gasteiger partial charge in [-0.1, -0.05) is 116 Å². The Balaban J connectivity index is 1.70. The summed E-state index contributed by atoms with van der Waals surface area (Å²) in [4.78, 5) is 16.8. The van der Waals surface area contributed by atoms with Crippen LogP contribution in [0, 0.1) is 11.8 Å². The Morgan fingerprint density at radius 2 is 1.50 bits per heavy atom. The van der Waals surface area contributed by atoms with Crippen LogP contribution in [-0.2, 0) is 22.6 Å². The highest BCUT2D eigenvalue weighted by molar-refractivity contribution is 5.69. The molecule has 2 aromatic rings. The number of benzene rings is 1. The van der Waals surface area contributed by atoms with E-state index in [-0.39, 0.29) is 5.97 Å². The first-order chi connectivity index (χ1) is 16.5. The van der Waals surface area contributed by atoms with Crippen LogP contribution in [0.25, 0.3) is 11.3 Å². The summed E-state index contributed by atoms with van der Waals surface area (Å²) < 4.78 is 5.51. The summed E-state index contributed by atoms with van der Waals surface area (Å²) in [7, 11) is 0. The molecule has 188 valence electrons. The third kappa shape index (κ3) is 11.8. The fourth-order valence-electron chi connectivity index (χ4n) is 4.28. The van der Waals surface area contributed by atoms with Gasteiger partial charge in [-0.15, -0.1) is 0 Å². The van der Waals surface area contributed by atoms with Gasteiger partial charge in [-0.3, -0.25) is 9.78 Å². The summed E-state index contributed by atoms with van der Waals surface area (Å²) in [6.45, 7) is 9.23. The minimum atomic E-state index is -0.0978. The highest BCUT2D eigenvalue weighted by atomic mass is 16.5. The van der Waals surface area contributed by atoms with Crippen molar-refractivity contribution < 1.29 is 9.53 Å². The first-order valence-electron chi connectivity index (χ1n) is 13.7. The van der Waals surface area contributed by atoms with Crippen LogP contribution < -0.4 is 0 Å². The average Bonchev–Trinajstić information content (AvgIpc) is 2.83. The Hall–Kier alpha value is -2.16. The topological polar surface area (TPSA) is 39.2 Å². The van der Waals surface area contributed by atoms with Crippen LogP contribution in [0.5, 0.6) is 0 Å². The number of hydrogen-bond acceptors (Lipinski definition) is 3. The van der Waals surface area contributed by atoms with Gasteiger partial charge in [-0.05, 0) is 41.9 Å². The third-order valence-corrected chi connectivity index (χ3v) is 6.54. The van der Waals surface area contributed by atoms with Crippen LogP contribution in [0.15, 0.2) is 42.6 Å². The number of aromatic nitrogens is 1. The molecule has 0 aliphatic heterocycles. The molecule has 0 aliphatic rings. The third-order valence-electron chi connectivity index (χ3n) is 6.54. The van der Waals surface area contributed by atoms with Gasteiger partial charge in [-0.25, -0.2) is 0 Å². The lowest BCUT2D eigenvalue weighted by molar-refractivity contribution is -0.146. The van der Waals surface area contributed by atoms with Crippen LogP contribution >= 0.6 is 0 Å². The number of esters is 1. The summed E-state index contributed by atoms with van der Waals surface area (Å²) in [5, 5.41) is 0. The summed E-state index contributed by atoms with van der Waals surface area (Å²) in [5.74, 6) is 1.01. The Morgan fingerprint density at radius 1 is 0.824 bits per heavy atom. The molecule has 1 heterocycles. The van der Waals surface area contributed by atoms with Crippen molar-refractivity contribution in [2.45, 2.75) is 111 Å². The SMILES string of the molecule is CCCCCCCCCc1ccc(-c2ccc(COC(=O)C[C@@H](C)CCCC(C)C)cc2)nc1. The Labute approximate surface area is 208 Å². The van der Waals surface area contributed by atoms with E-state index >= 15 is 0 Å². The Kier molecular flexibility index (Phi) is 13.6. The molecule has 1 aromatic heterocycles. The number of carbonyl (C=O) groups is 1. The van der Waals surface area contributed by atoms with Gasteiger partial charge in [0.15, 0.2) is 0 Å². The van der Waals surface area contributed by atoms with Gasteiger partial charge in [0.2, 0.25) is 0 Å². The standard InChI is InChI=1S/C31H47NO2/c1-5-6-7-8-9-10-11-15-27-18-21-30(32-23-27)29-19-16-28(17-20-29)24-34-31(33)22-26(4)14-12-13-25(2)3/h16-21,23,25-26H,5-15,22,24H2,1-4H3/t26-/m0/s1. The molecular formula is C31H47NO2. The van der Waals surface area contributed by atoms with Crippen LogP contribution in [0.4, 0.5) is 0 Å². The second-order valence-corrected chi connectivity index (χ2v) is 10.4. The molecule has 0 saturated heterocycles. The lowest BCUT2D eigenvalue weighted by atomic mass is 9.97. The van der Waals surface area contributed by atoms with Crippen LogP contribution in [0.1, 0.15) is 109 Å². The number of carbonyl (C=O) groups excluding carboxylic acids is 1. The van der Waals surface area contributed by atoms with E-state index in [4.69, 9.17) is 4.74 Å². The molecular weight excluding hydrogens is 418 g/mol. The van der Waals surface area contributed by atoms with E-state index in [0.29, 0.717) is 18.9 Å². The van der Waals surface area contributed by atoms with Crippen LogP contribution in [-0.4, -0.2) is 11.0 Å². The molecule has 2 rings (SSSR count). The van der Waals surface area contributed by atoms with Crippen molar-refractivity contribution in [1.82, 2.24) is 4.98 Å². The molecule has 0 fully saturated rings. The predicted octanol–water partition coefficient (Wildman–Crippen LogP) is 8.94. The molecule has 0 bridgehead atoms. The molecule has 1 aromatic carbocycles. The van der Waals surface area contributed by atoms with E-state index in [1.165, 1.54) is 63.4 Å². The van der Waals surface area contributed by atoms with E-state index in [1.807, 2.05) is 18.3 Å². The maximum Gasteiger partial charge on any atom is 0.306 e. The number of ether oxygens (including phenoxy) is 1. The van der Waals surface area contributed by atoms with Crippen molar-refractivity contribution in [2.75, 3.05) is 0 Å². The van der Waals surface area contributed by atoms with Crippen LogP contribution in [0.2, 0.25) is 0 Å². The number of nitrogens with zero attached hydrogens (tertiary/aromatic N) is 1. The molecule has 0 amide bonds. The summed E-state index contributed by atoms with van der Waals surface area (Å²) in [5.41, 5.74) is 4.41. The zero-order valence-corrected chi connectivity index (χ0v) is 22.2. The lowest BCUT2D eigenvalue weighted by Gasteiger charge is -2.12. The first-order valence-corrected chi connectivity index (χ1v) is 13.7. The highest BCUT2D eigenvalue weighted by Crippen LogP contribution is 2.20. The van der Waals surface area contributed by atoms with Gasteiger partial charge in [0.1, 0.15) is 6.61 Å². The van der Waals surface area contributed by atoms with Gasteiger partial charge in [0, 0.05) is 18.2 Å². The minimum Gasteiger partial charge on any atom is -0.461 e.